The number of aromatic nitrogens is 2. The molecule has 0 aliphatic heterocycles. The van der Waals surface area contributed by atoms with Crippen molar-refractivity contribution in [1.82, 2.24) is 9.97 Å². The summed E-state index contributed by atoms with van der Waals surface area (Å²) in [4.78, 5) is 8.85. The third-order valence-electron chi connectivity index (χ3n) is 4.54. The summed E-state index contributed by atoms with van der Waals surface area (Å²) in [5, 5.41) is 2.67. The Morgan fingerprint density at radius 3 is 2.69 bits per heavy atom. The van der Waals surface area contributed by atoms with E-state index >= 15 is 0 Å². The van der Waals surface area contributed by atoms with Crippen LogP contribution in [0.25, 0.3) is 11.3 Å². The molecular weight excluding hydrogens is 397 g/mol. The van der Waals surface area contributed by atoms with Crippen LogP contribution in [0.2, 0.25) is 0 Å². The Kier molecular flexibility index (Phi) is 6.90. The number of hydrogen-bond acceptors (Lipinski definition) is 4. The fourth-order valence-corrected chi connectivity index (χ4v) is 3.84. The number of hydrogen-bond donors (Lipinski definition) is 0. The van der Waals surface area contributed by atoms with Crippen molar-refractivity contribution in [3.05, 3.63) is 63.7 Å². The lowest BCUT2D eigenvalue weighted by molar-refractivity contribution is -0.139. The summed E-state index contributed by atoms with van der Waals surface area (Å²) < 4.78 is 45.9. The zero-order valence-corrected chi connectivity index (χ0v) is 17.2. The molecule has 0 saturated heterocycles. The molecule has 0 amide bonds. The van der Waals surface area contributed by atoms with E-state index in [0.29, 0.717) is 12.0 Å². The summed E-state index contributed by atoms with van der Waals surface area (Å²) in [6.45, 7) is 4.23. The third kappa shape index (κ3) is 5.56. The lowest BCUT2D eigenvalue weighted by Crippen LogP contribution is -2.10. The molecule has 0 N–H and O–H groups in total. The van der Waals surface area contributed by atoms with Crippen LogP contribution in [0, 0.1) is 6.92 Å². The number of pyridine rings is 1. The molecule has 3 aromatic rings. The highest BCUT2D eigenvalue weighted by Crippen LogP contribution is 2.37. The average Bonchev–Trinajstić information content (AvgIpc) is 3.14. The SMILES string of the molecule is CCCCCOc1ccc(Cc2nc(-c3cccnc3C)cs2)cc1C(F)(F)F. The normalized spacial score (nSPS) is 11.6. The smallest absolute Gasteiger partial charge is 0.419 e. The Balaban J connectivity index is 1.78. The highest BCUT2D eigenvalue weighted by Gasteiger charge is 2.34. The summed E-state index contributed by atoms with van der Waals surface area (Å²) in [5.74, 6) is -0.108. The van der Waals surface area contributed by atoms with E-state index < -0.39 is 11.7 Å². The van der Waals surface area contributed by atoms with Gasteiger partial charge in [0.2, 0.25) is 0 Å². The first-order chi connectivity index (χ1) is 13.9. The highest BCUT2D eigenvalue weighted by atomic mass is 32.1. The number of halogens is 3. The minimum atomic E-state index is -4.46. The van der Waals surface area contributed by atoms with Crippen LogP contribution in [0.4, 0.5) is 13.2 Å². The standard InChI is InChI=1S/C22H23F3N2OS/c1-3-4-5-11-28-20-9-8-16(12-18(20)22(23,24)25)13-21-27-19(14-29-21)17-7-6-10-26-15(17)2/h6-10,12,14H,3-5,11,13H2,1-2H3. The summed E-state index contributed by atoms with van der Waals surface area (Å²) in [5.41, 5.74) is 2.42. The maximum Gasteiger partial charge on any atom is 0.419 e. The van der Waals surface area contributed by atoms with Crippen LogP contribution in [-0.2, 0) is 12.6 Å². The van der Waals surface area contributed by atoms with Gasteiger partial charge in [-0.25, -0.2) is 4.98 Å². The van der Waals surface area contributed by atoms with Crippen molar-refractivity contribution in [1.29, 1.82) is 0 Å². The molecule has 0 radical (unpaired) electrons. The van der Waals surface area contributed by atoms with E-state index in [0.717, 1.165) is 41.2 Å². The minimum Gasteiger partial charge on any atom is -0.493 e. The van der Waals surface area contributed by atoms with E-state index in [1.807, 2.05) is 31.4 Å². The van der Waals surface area contributed by atoms with Gasteiger partial charge in [-0.05, 0) is 43.2 Å². The van der Waals surface area contributed by atoms with E-state index in [2.05, 4.69) is 9.97 Å². The van der Waals surface area contributed by atoms with Gasteiger partial charge in [-0.15, -0.1) is 11.3 Å². The predicted octanol–water partition coefficient (Wildman–Crippen LogP) is 6.69. The Morgan fingerprint density at radius 2 is 1.97 bits per heavy atom. The first kappa shape index (κ1) is 21.3. The molecular formula is C22H23F3N2OS. The van der Waals surface area contributed by atoms with Gasteiger partial charge in [-0.2, -0.15) is 13.2 Å². The molecule has 0 bridgehead atoms. The van der Waals surface area contributed by atoms with E-state index in [9.17, 15) is 13.2 Å². The Bertz CT molecular complexity index is 953. The van der Waals surface area contributed by atoms with Gasteiger partial charge >= 0.3 is 6.18 Å². The van der Waals surface area contributed by atoms with E-state index in [-0.39, 0.29) is 12.4 Å². The van der Waals surface area contributed by atoms with Crippen molar-refractivity contribution in [3.63, 3.8) is 0 Å². The van der Waals surface area contributed by atoms with Crippen LogP contribution in [0.1, 0.15) is 48.0 Å². The predicted molar refractivity (Wildman–Crippen MR) is 109 cm³/mol. The number of rotatable bonds is 8. The average molecular weight is 421 g/mol. The number of unbranched alkanes of at least 4 members (excludes halogenated alkanes) is 2. The second-order valence-corrected chi connectivity index (χ2v) is 7.77. The van der Waals surface area contributed by atoms with E-state index in [1.54, 1.807) is 12.3 Å². The quantitative estimate of drug-likeness (QED) is 0.381. The number of ether oxygens (including phenoxy) is 1. The van der Waals surface area contributed by atoms with Crippen LogP contribution in [0.5, 0.6) is 5.75 Å². The Morgan fingerprint density at radius 1 is 1.14 bits per heavy atom. The first-order valence-corrected chi connectivity index (χ1v) is 10.5. The lowest BCUT2D eigenvalue weighted by Gasteiger charge is -2.15. The Labute approximate surface area is 172 Å². The lowest BCUT2D eigenvalue weighted by atomic mass is 10.1. The molecule has 0 unspecified atom stereocenters. The minimum absolute atomic E-state index is 0.108. The first-order valence-electron chi connectivity index (χ1n) is 9.57. The maximum atomic E-state index is 13.5. The van der Waals surface area contributed by atoms with Crippen LogP contribution < -0.4 is 4.74 Å². The van der Waals surface area contributed by atoms with Gasteiger partial charge in [0.15, 0.2) is 0 Å². The summed E-state index contributed by atoms with van der Waals surface area (Å²) >= 11 is 1.43. The maximum absolute atomic E-state index is 13.5. The molecule has 0 fully saturated rings. The Hall–Kier alpha value is -2.41. The van der Waals surface area contributed by atoms with Crippen LogP contribution >= 0.6 is 11.3 Å². The van der Waals surface area contributed by atoms with Gasteiger partial charge in [0, 0.05) is 29.3 Å². The van der Waals surface area contributed by atoms with Gasteiger partial charge in [0.25, 0.3) is 0 Å². The van der Waals surface area contributed by atoms with E-state index in [4.69, 9.17) is 4.74 Å². The zero-order chi connectivity index (χ0) is 20.9. The second kappa shape index (κ2) is 9.39. The largest absolute Gasteiger partial charge is 0.493 e. The highest BCUT2D eigenvalue weighted by molar-refractivity contribution is 7.10. The van der Waals surface area contributed by atoms with Crippen molar-refractivity contribution in [2.75, 3.05) is 6.61 Å². The molecule has 0 saturated carbocycles. The molecule has 0 aliphatic rings. The molecule has 1 aromatic carbocycles. The topological polar surface area (TPSA) is 35.0 Å². The van der Waals surface area contributed by atoms with Crippen molar-refractivity contribution in [3.8, 4) is 17.0 Å². The fraction of sp³-hybridized carbons (Fsp3) is 0.364. The van der Waals surface area contributed by atoms with E-state index in [1.165, 1.54) is 23.5 Å². The van der Waals surface area contributed by atoms with Crippen LogP contribution in [0.3, 0.4) is 0 Å². The van der Waals surface area contributed by atoms with Gasteiger partial charge in [0.1, 0.15) is 5.75 Å². The molecule has 2 heterocycles. The van der Waals surface area contributed by atoms with Crippen molar-refractivity contribution in [2.24, 2.45) is 0 Å². The second-order valence-electron chi connectivity index (χ2n) is 6.82. The number of aryl methyl sites for hydroxylation is 1. The van der Waals surface area contributed by atoms with Gasteiger partial charge in [-0.1, -0.05) is 25.8 Å². The van der Waals surface area contributed by atoms with Gasteiger partial charge in [0.05, 0.1) is 22.9 Å². The van der Waals surface area contributed by atoms with Crippen LogP contribution in [0.15, 0.2) is 41.9 Å². The monoisotopic (exact) mass is 420 g/mol. The molecule has 0 spiro atoms. The molecule has 3 nitrogen and oxygen atoms in total. The summed E-state index contributed by atoms with van der Waals surface area (Å²) in [7, 11) is 0. The van der Waals surface area contributed by atoms with Gasteiger partial charge in [-0.3, -0.25) is 4.98 Å². The fourth-order valence-electron chi connectivity index (χ4n) is 3.01. The molecule has 7 heteroatoms. The van der Waals surface area contributed by atoms with Crippen molar-refractivity contribution < 1.29 is 17.9 Å². The van der Waals surface area contributed by atoms with Crippen LogP contribution in [-0.4, -0.2) is 16.6 Å². The molecule has 0 aliphatic carbocycles. The molecule has 0 atom stereocenters. The zero-order valence-electron chi connectivity index (χ0n) is 16.4. The van der Waals surface area contributed by atoms with Gasteiger partial charge < -0.3 is 4.74 Å². The summed E-state index contributed by atoms with van der Waals surface area (Å²) in [6.07, 6.45) is 0.257. The summed E-state index contributed by atoms with van der Waals surface area (Å²) in [6, 6.07) is 8.06. The number of thiazole rings is 1. The number of alkyl halides is 3. The van der Waals surface area contributed by atoms with Crippen molar-refractivity contribution in [2.45, 2.75) is 45.7 Å². The number of nitrogens with zero attached hydrogens (tertiary/aromatic N) is 2. The number of benzene rings is 1. The molecule has 29 heavy (non-hydrogen) atoms. The third-order valence-corrected chi connectivity index (χ3v) is 5.39. The molecule has 2 aromatic heterocycles. The van der Waals surface area contributed by atoms with Crippen molar-refractivity contribution >= 4 is 11.3 Å². The molecule has 3 rings (SSSR count). The molecule has 154 valence electrons.